The lowest BCUT2D eigenvalue weighted by Gasteiger charge is -2.08. The predicted octanol–water partition coefficient (Wildman–Crippen LogP) is 4.34. The van der Waals surface area contributed by atoms with E-state index < -0.39 is 0 Å². The highest BCUT2D eigenvalue weighted by Crippen LogP contribution is 2.23. The molecule has 0 aliphatic carbocycles. The van der Waals surface area contributed by atoms with E-state index in [1.165, 1.54) is 0 Å². The molecule has 3 aromatic rings. The van der Waals surface area contributed by atoms with Crippen molar-refractivity contribution >= 4 is 5.91 Å². The number of nitrogens with one attached hydrogen (secondary N) is 1. The fourth-order valence-electron chi connectivity index (χ4n) is 2.84. The Bertz CT molecular complexity index is 886. The smallest absolute Gasteiger partial charge is 0.251 e. The molecule has 0 unspecified atom stereocenters. The average molecular weight is 361 g/mol. The van der Waals surface area contributed by atoms with Crippen molar-refractivity contribution in [2.45, 2.75) is 6.42 Å². The third kappa shape index (κ3) is 4.88. The number of methoxy groups -OCH3 is 2. The van der Waals surface area contributed by atoms with Crippen LogP contribution in [-0.2, 0) is 6.42 Å². The highest BCUT2D eigenvalue weighted by atomic mass is 16.5. The van der Waals surface area contributed by atoms with Crippen LogP contribution in [0.2, 0.25) is 0 Å². The van der Waals surface area contributed by atoms with E-state index in [4.69, 9.17) is 9.47 Å². The molecule has 0 aliphatic rings. The van der Waals surface area contributed by atoms with Crippen molar-refractivity contribution in [3.8, 4) is 22.6 Å². The summed E-state index contributed by atoms with van der Waals surface area (Å²) >= 11 is 0. The molecule has 1 amide bonds. The zero-order valence-corrected chi connectivity index (χ0v) is 15.6. The van der Waals surface area contributed by atoms with Gasteiger partial charge in [-0.3, -0.25) is 4.79 Å². The van der Waals surface area contributed by atoms with Crippen LogP contribution >= 0.6 is 0 Å². The molecule has 138 valence electrons. The second-order valence-corrected chi connectivity index (χ2v) is 6.16. The van der Waals surface area contributed by atoms with Crippen molar-refractivity contribution in [1.82, 2.24) is 5.32 Å². The number of amides is 1. The Morgan fingerprint density at radius 1 is 0.815 bits per heavy atom. The van der Waals surface area contributed by atoms with Crippen LogP contribution in [0.5, 0.6) is 11.5 Å². The molecule has 1 N–H and O–H groups in total. The first kappa shape index (κ1) is 18.5. The normalized spacial score (nSPS) is 10.3. The molecule has 0 heterocycles. The minimum absolute atomic E-state index is 0.0705. The molecule has 0 aromatic heterocycles. The maximum absolute atomic E-state index is 12.5. The standard InChI is InChI=1S/C23H23NO3/c1-26-21-10-6-17(7-11-21)14-15-24-23(25)20-5-3-4-19(16-20)18-8-12-22(27-2)13-9-18/h3-13,16H,14-15H2,1-2H3,(H,24,25). The zero-order valence-electron chi connectivity index (χ0n) is 15.6. The van der Waals surface area contributed by atoms with Crippen molar-refractivity contribution < 1.29 is 14.3 Å². The lowest BCUT2D eigenvalue weighted by atomic mass is 10.0. The highest BCUT2D eigenvalue weighted by molar-refractivity contribution is 5.95. The summed E-state index contributed by atoms with van der Waals surface area (Å²) in [4.78, 5) is 12.5. The minimum atomic E-state index is -0.0705. The Balaban J connectivity index is 1.60. The first-order chi connectivity index (χ1) is 13.2. The van der Waals surface area contributed by atoms with Gasteiger partial charge in [-0.05, 0) is 59.5 Å². The van der Waals surface area contributed by atoms with E-state index in [1.807, 2.05) is 72.8 Å². The van der Waals surface area contributed by atoms with Gasteiger partial charge in [0.25, 0.3) is 5.91 Å². The van der Waals surface area contributed by atoms with E-state index in [0.29, 0.717) is 12.1 Å². The van der Waals surface area contributed by atoms with E-state index in [1.54, 1.807) is 14.2 Å². The summed E-state index contributed by atoms with van der Waals surface area (Å²) in [6.45, 7) is 0.581. The van der Waals surface area contributed by atoms with Crippen LogP contribution in [0.4, 0.5) is 0 Å². The second-order valence-electron chi connectivity index (χ2n) is 6.16. The van der Waals surface area contributed by atoms with Gasteiger partial charge in [-0.1, -0.05) is 36.4 Å². The van der Waals surface area contributed by atoms with Gasteiger partial charge in [-0.25, -0.2) is 0 Å². The van der Waals surface area contributed by atoms with Gasteiger partial charge >= 0.3 is 0 Å². The van der Waals surface area contributed by atoms with E-state index in [2.05, 4.69) is 5.32 Å². The van der Waals surface area contributed by atoms with Gasteiger partial charge in [-0.15, -0.1) is 0 Å². The average Bonchev–Trinajstić information content (AvgIpc) is 2.74. The fourth-order valence-corrected chi connectivity index (χ4v) is 2.84. The van der Waals surface area contributed by atoms with Gasteiger partial charge in [0.05, 0.1) is 14.2 Å². The molecule has 3 aromatic carbocycles. The van der Waals surface area contributed by atoms with Crippen molar-refractivity contribution in [2.24, 2.45) is 0 Å². The van der Waals surface area contributed by atoms with E-state index in [9.17, 15) is 4.79 Å². The summed E-state index contributed by atoms with van der Waals surface area (Å²) in [7, 11) is 3.29. The number of ether oxygens (including phenoxy) is 2. The molecule has 27 heavy (non-hydrogen) atoms. The Morgan fingerprint density at radius 2 is 1.44 bits per heavy atom. The monoisotopic (exact) mass is 361 g/mol. The quantitative estimate of drug-likeness (QED) is 0.681. The first-order valence-electron chi connectivity index (χ1n) is 8.85. The molecule has 0 atom stereocenters. The number of carbonyl (C=O) groups excluding carboxylic acids is 1. The molecule has 0 saturated carbocycles. The Morgan fingerprint density at radius 3 is 2.07 bits per heavy atom. The third-order valence-electron chi connectivity index (χ3n) is 4.41. The van der Waals surface area contributed by atoms with Gasteiger partial charge in [0.2, 0.25) is 0 Å². The number of rotatable bonds is 7. The first-order valence-corrected chi connectivity index (χ1v) is 8.85. The summed E-state index contributed by atoms with van der Waals surface area (Å²) in [5, 5.41) is 2.98. The summed E-state index contributed by atoms with van der Waals surface area (Å²) in [5.41, 5.74) is 3.85. The summed E-state index contributed by atoms with van der Waals surface area (Å²) in [5.74, 6) is 1.57. The summed E-state index contributed by atoms with van der Waals surface area (Å²) < 4.78 is 10.3. The molecule has 3 rings (SSSR count). The van der Waals surface area contributed by atoms with Gasteiger partial charge in [0.1, 0.15) is 11.5 Å². The van der Waals surface area contributed by atoms with Gasteiger partial charge < -0.3 is 14.8 Å². The van der Waals surface area contributed by atoms with Gasteiger partial charge in [0.15, 0.2) is 0 Å². The lowest BCUT2D eigenvalue weighted by Crippen LogP contribution is -2.25. The van der Waals surface area contributed by atoms with Crippen LogP contribution in [0.25, 0.3) is 11.1 Å². The summed E-state index contributed by atoms with van der Waals surface area (Å²) in [6.07, 6.45) is 0.772. The van der Waals surface area contributed by atoms with Crippen molar-refractivity contribution in [3.63, 3.8) is 0 Å². The van der Waals surface area contributed by atoms with Gasteiger partial charge in [-0.2, -0.15) is 0 Å². The van der Waals surface area contributed by atoms with Crippen LogP contribution in [0, 0.1) is 0 Å². The molecule has 0 fully saturated rings. The van der Waals surface area contributed by atoms with Crippen molar-refractivity contribution in [3.05, 3.63) is 83.9 Å². The topological polar surface area (TPSA) is 47.6 Å². The largest absolute Gasteiger partial charge is 0.497 e. The second kappa shape index (κ2) is 8.90. The fraction of sp³-hybridized carbons (Fsp3) is 0.174. The van der Waals surface area contributed by atoms with E-state index in [-0.39, 0.29) is 5.91 Å². The Labute approximate surface area is 159 Å². The highest BCUT2D eigenvalue weighted by Gasteiger charge is 2.07. The lowest BCUT2D eigenvalue weighted by molar-refractivity contribution is 0.0954. The maximum atomic E-state index is 12.5. The van der Waals surface area contributed by atoms with Crippen molar-refractivity contribution in [2.75, 3.05) is 20.8 Å². The molecular weight excluding hydrogens is 338 g/mol. The number of benzene rings is 3. The number of carbonyl (C=O) groups is 1. The van der Waals surface area contributed by atoms with E-state index >= 15 is 0 Å². The molecule has 0 spiro atoms. The van der Waals surface area contributed by atoms with Crippen LogP contribution in [-0.4, -0.2) is 26.7 Å². The number of hydrogen-bond acceptors (Lipinski definition) is 3. The molecule has 0 aliphatic heterocycles. The molecule has 4 heteroatoms. The summed E-state index contributed by atoms with van der Waals surface area (Å²) in [6, 6.07) is 23.3. The molecule has 0 saturated heterocycles. The van der Waals surface area contributed by atoms with Gasteiger partial charge in [0, 0.05) is 12.1 Å². The third-order valence-corrected chi connectivity index (χ3v) is 4.41. The Hall–Kier alpha value is -3.27. The molecular formula is C23H23NO3. The van der Waals surface area contributed by atoms with Crippen LogP contribution in [0.1, 0.15) is 15.9 Å². The number of hydrogen-bond donors (Lipinski definition) is 1. The molecule has 0 radical (unpaired) electrons. The van der Waals surface area contributed by atoms with E-state index in [0.717, 1.165) is 34.6 Å². The Kier molecular flexibility index (Phi) is 6.10. The van der Waals surface area contributed by atoms with Crippen LogP contribution in [0.3, 0.4) is 0 Å². The molecule has 0 bridgehead atoms. The SMILES string of the molecule is COc1ccc(CCNC(=O)c2cccc(-c3ccc(OC)cc3)c2)cc1. The molecule has 4 nitrogen and oxygen atoms in total. The zero-order chi connectivity index (χ0) is 19.1. The van der Waals surface area contributed by atoms with Crippen molar-refractivity contribution in [1.29, 1.82) is 0 Å². The van der Waals surface area contributed by atoms with Crippen LogP contribution < -0.4 is 14.8 Å². The predicted molar refractivity (Wildman–Crippen MR) is 107 cm³/mol. The van der Waals surface area contributed by atoms with Crippen LogP contribution in [0.15, 0.2) is 72.8 Å². The maximum Gasteiger partial charge on any atom is 0.251 e. The minimum Gasteiger partial charge on any atom is -0.497 e.